The molecule has 1 fully saturated rings. The summed E-state index contributed by atoms with van der Waals surface area (Å²) in [6.45, 7) is 2.85. The Balaban J connectivity index is 1.40. The largest absolute Gasteiger partial charge is 0.345 e. The fraction of sp³-hybridized carbons (Fsp3) is 0.217. The molecule has 0 aliphatic carbocycles. The van der Waals surface area contributed by atoms with Crippen molar-refractivity contribution < 1.29 is 4.79 Å². The third kappa shape index (κ3) is 3.39. The van der Waals surface area contributed by atoms with Gasteiger partial charge in [-0.2, -0.15) is 0 Å². The number of hydrogen-bond acceptors (Lipinski definition) is 5. The van der Waals surface area contributed by atoms with Gasteiger partial charge in [0.15, 0.2) is 5.82 Å². The zero-order valence-electron chi connectivity index (χ0n) is 16.7. The summed E-state index contributed by atoms with van der Waals surface area (Å²) in [5.74, 6) is 1.45. The van der Waals surface area contributed by atoms with Crippen LogP contribution in [-0.4, -0.2) is 38.1 Å². The molecule has 1 amide bonds. The van der Waals surface area contributed by atoms with Crippen molar-refractivity contribution in [3.8, 4) is 11.4 Å². The molecule has 30 heavy (non-hydrogen) atoms. The average molecular weight is 398 g/mol. The Morgan fingerprint density at radius 2 is 2.07 bits per heavy atom. The van der Waals surface area contributed by atoms with E-state index < -0.39 is 0 Å². The number of pyridine rings is 1. The van der Waals surface area contributed by atoms with Crippen LogP contribution in [0.4, 0.5) is 11.5 Å². The maximum absolute atomic E-state index is 13.1. The number of fused-ring (bicyclic) bond motifs is 1. The molecule has 7 heteroatoms. The number of nitrogens with zero attached hydrogens (tertiary/aromatic N) is 5. The van der Waals surface area contributed by atoms with Crippen LogP contribution >= 0.6 is 0 Å². The average Bonchev–Trinajstić information content (AvgIpc) is 3.45. The predicted molar refractivity (Wildman–Crippen MR) is 116 cm³/mol. The number of benzene rings is 1. The lowest BCUT2D eigenvalue weighted by Crippen LogP contribution is -2.40. The molecule has 1 N–H and O–H groups in total. The highest BCUT2D eigenvalue weighted by atomic mass is 16.2. The molecule has 4 heterocycles. The Morgan fingerprint density at radius 1 is 1.13 bits per heavy atom. The third-order valence-electron chi connectivity index (χ3n) is 5.53. The Morgan fingerprint density at radius 3 is 2.93 bits per heavy atom. The van der Waals surface area contributed by atoms with Gasteiger partial charge < -0.3 is 10.2 Å². The van der Waals surface area contributed by atoms with Crippen LogP contribution in [0.1, 0.15) is 18.4 Å². The summed E-state index contributed by atoms with van der Waals surface area (Å²) in [7, 11) is 0. The molecule has 1 aromatic carbocycles. The van der Waals surface area contributed by atoms with Gasteiger partial charge in [0.2, 0.25) is 5.91 Å². The van der Waals surface area contributed by atoms with Crippen molar-refractivity contribution in [2.45, 2.75) is 25.8 Å². The first-order valence-electron chi connectivity index (χ1n) is 10.1. The van der Waals surface area contributed by atoms with Crippen LogP contribution in [0.3, 0.4) is 0 Å². The van der Waals surface area contributed by atoms with Crippen LogP contribution in [-0.2, 0) is 4.79 Å². The quantitative estimate of drug-likeness (QED) is 0.567. The summed E-state index contributed by atoms with van der Waals surface area (Å²) in [6, 6.07) is 15.3. The van der Waals surface area contributed by atoms with Gasteiger partial charge in [0, 0.05) is 30.2 Å². The van der Waals surface area contributed by atoms with Crippen molar-refractivity contribution in [2.75, 3.05) is 16.8 Å². The van der Waals surface area contributed by atoms with E-state index in [0.717, 1.165) is 47.5 Å². The Kier molecular flexibility index (Phi) is 4.63. The van der Waals surface area contributed by atoms with Crippen LogP contribution in [0.15, 0.2) is 67.1 Å². The maximum Gasteiger partial charge on any atom is 0.247 e. The van der Waals surface area contributed by atoms with E-state index in [1.54, 1.807) is 16.9 Å². The molecule has 1 aliphatic rings. The Labute approximate surface area is 174 Å². The van der Waals surface area contributed by atoms with Crippen LogP contribution in [0, 0.1) is 6.92 Å². The number of rotatable bonds is 4. The van der Waals surface area contributed by atoms with Gasteiger partial charge in [0.1, 0.15) is 11.9 Å². The van der Waals surface area contributed by atoms with Gasteiger partial charge in [-0.05, 0) is 61.7 Å². The highest BCUT2D eigenvalue weighted by molar-refractivity contribution is 5.97. The fourth-order valence-corrected chi connectivity index (χ4v) is 3.96. The monoisotopic (exact) mass is 398 g/mol. The number of aromatic nitrogens is 4. The normalized spacial score (nSPS) is 16.2. The van der Waals surface area contributed by atoms with Crippen LogP contribution < -0.4 is 10.2 Å². The number of carbonyl (C=O) groups is 1. The minimum Gasteiger partial charge on any atom is -0.345 e. The summed E-state index contributed by atoms with van der Waals surface area (Å²) in [6.07, 6.45) is 7.24. The zero-order chi connectivity index (χ0) is 20.5. The lowest BCUT2D eigenvalue weighted by molar-refractivity contribution is -0.117. The molecular weight excluding hydrogens is 376 g/mol. The van der Waals surface area contributed by atoms with Gasteiger partial charge in [-0.15, -0.1) is 5.10 Å². The molecule has 150 valence electrons. The smallest absolute Gasteiger partial charge is 0.247 e. The lowest BCUT2D eigenvalue weighted by Gasteiger charge is -2.25. The summed E-state index contributed by atoms with van der Waals surface area (Å²) in [5, 5.41) is 7.67. The third-order valence-corrected chi connectivity index (χ3v) is 5.53. The molecule has 0 spiro atoms. The first kappa shape index (κ1) is 18.3. The van der Waals surface area contributed by atoms with E-state index >= 15 is 0 Å². The number of aryl methyl sites for hydroxylation is 1. The number of anilines is 2. The first-order valence-corrected chi connectivity index (χ1v) is 10.1. The molecule has 1 aliphatic heterocycles. The van der Waals surface area contributed by atoms with Crippen molar-refractivity contribution in [3.05, 3.63) is 72.7 Å². The van der Waals surface area contributed by atoms with E-state index in [2.05, 4.69) is 25.3 Å². The van der Waals surface area contributed by atoms with E-state index in [-0.39, 0.29) is 11.9 Å². The molecule has 3 aromatic heterocycles. The second-order valence-corrected chi connectivity index (χ2v) is 7.52. The van der Waals surface area contributed by atoms with Crippen molar-refractivity contribution in [2.24, 2.45) is 0 Å². The Bertz CT molecular complexity index is 1200. The number of amides is 1. The van der Waals surface area contributed by atoms with Crippen LogP contribution in [0.5, 0.6) is 0 Å². The van der Waals surface area contributed by atoms with Crippen LogP contribution in [0.25, 0.3) is 16.9 Å². The molecule has 5 rings (SSSR count). The number of carbonyl (C=O) groups excluding carboxylic acids is 1. The van der Waals surface area contributed by atoms with Gasteiger partial charge in [-0.1, -0.05) is 12.1 Å². The topological polar surface area (TPSA) is 75.4 Å². The lowest BCUT2D eigenvalue weighted by atomic mass is 10.1. The van der Waals surface area contributed by atoms with Crippen molar-refractivity contribution in [1.29, 1.82) is 0 Å². The van der Waals surface area contributed by atoms with E-state index in [1.807, 2.05) is 61.7 Å². The second kappa shape index (κ2) is 7.59. The first-order chi connectivity index (χ1) is 14.7. The van der Waals surface area contributed by atoms with Gasteiger partial charge in [-0.3, -0.25) is 4.79 Å². The van der Waals surface area contributed by atoms with Crippen molar-refractivity contribution >= 4 is 22.9 Å². The second-order valence-electron chi connectivity index (χ2n) is 7.52. The summed E-state index contributed by atoms with van der Waals surface area (Å²) >= 11 is 0. The number of nitrogens with one attached hydrogen (secondary N) is 1. The SMILES string of the molecule is Cc1ccc(NC(=O)C2CCCN2c2ccccn2)cc1-c1ncc2cccn2n1. The van der Waals surface area contributed by atoms with Gasteiger partial charge in [0.25, 0.3) is 0 Å². The van der Waals surface area contributed by atoms with Crippen molar-refractivity contribution in [1.82, 2.24) is 19.6 Å². The molecule has 4 aromatic rings. The Hall–Kier alpha value is -3.74. The van der Waals surface area contributed by atoms with Crippen LogP contribution in [0.2, 0.25) is 0 Å². The maximum atomic E-state index is 13.1. The van der Waals surface area contributed by atoms with Gasteiger partial charge in [0.05, 0.1) is 11.7 Å². The minimum absolute atomic E-state index is 0.0188. The van der Waals surface area contributed by atoms with E-state index in [0.29, 0.717) is 5.82 Å². The molecule has 1 saturated heterocycles. The van der Waals surface area contributed by atoms with E-state index in [9.17, 15) is 4.79 Å². The molecule has 7 nitrogen and oxygen atoms in total. The van der Waals surface area contributed by atoms with Gasteiger partial charge >= 0.3 is 0 Å². The molecule has 0 saturated carbocycles. The summed E-state index contributed by atoms with van der Waals surface area (Å²) in [4.78, 5) is 24.0. The molecule has 0 bridgehead atoms. The summed E-state index contributed by atoms with van der Waals surface area (Å²) in [5.41, 5.74) is 3.63. The van der Waals surface area contributed by atoms with E-state index in [4.69, 9.17) is 0 Å². The molecule has 1 atom stereocenters. The minimum atomic E-state index is -0.225. The number of hydrogen-bond donors (Lipinski definition) is 1. The molecule has 1 unspecified atom stereocenters. The molecular formula is C23H22N6O. The zero-order valence-corrected chi connectivity index (χ0v) is 16.7. The van der Waals surface area contributed by atoms with E-state index in [1.165, 1.54) is 0 Å². The van der Waals surface area contributed by atoms with Crippen molar-refractivity contribution in [3.63, 3.8) is 0 Å². The highest BCUT2D eigenvalue weighted by Gasteiger charge is 2.31. The summed E-state index contributed by atoms with van der Waals surface area (Å²) < 4.78 is 1.80. The predicted octanol–water partition coefficient (Wildman–Crippen LogP) is 3.71. The highest BCUT2D eigenvalue weighted by Crippen LogP contribution is 2.27. The van der Waals surface area contributed by atoms with Gasteiger partial charge in [-0.25, -0.2) is 14.5 Å². The fourth-order valence-electron chi connectivity index (χ4n) is 3.96. The molecule has 0 radical (unpaired) electrons. The standard InChI is InChI=1S/C23H22N6O/c1-16-9-10-17(14-19(16)22-25-15-18-6-4-13-29(18)27-22)26-23(30)20-7-5-12-28(20)21-8-2-3-11-24-21/h2-4,6,8-11,13-15,20H,5,7,12H2,1H3,(H,26,30).